The molecule has 0 aliphatic carbocycles. The summed E-state index contributed by atoms with van der Waals surface area (Å²) in [5, 5.41) is 12.2. The summed E-state index contributed by atoms with van der Waals surface area (Å²) in [7, 11) is 0. The third-order valence-electron chi connectivity index (χ3n) is 2.66. The number of thiophene rings is 1. The zero-order valence-electron chi connectivity index (χ0n) is 10.2. The maximum absolute atomic E-state index is 13.0. The van der Waals surface area contributed by atoms with Crippen LogP contribution in [0.25, 0.3) is 0 Å². The molecule has 0 spiro atoms. The molecule has 0 aliphatic rings. The second-order valence-electron chi connectivity index (χ2n) is 4.12. The highest BCUT2D eigenvalue weighted by Gasteiger charge is 2.10. The van der Waals surface area contributed by atoms with Crippen molar-refractivity contribution in [1.82, 2.24) is 0 Å². The van der Waals surface area contributed by atoms with Crippen LogP contribution in [0.15, 0.2) is 30.3 Å². The molecule has 0 fully saturated rings. The van der Waals surface area contributed by atoms with E-state index in [0.29, 0.717) is 11.3 Å². The van der Waals surface area contributed by atoms with Gasteiger partial charge in [-0.25, -0.2) is 4.39 Å². The molecule has 1 N–H and O–H groups in total. The molecule has 1 unspecified atom stereocenters. The minimum atomic E-state index is -0.392. The van der Waals surface area contributed by atoms with Crippen molar-refractivity contribution in [2.24, 2.45) is 0 Å². The fraction of sp³-hybridized carbons (Fsp3) is 0.214. The number of hydrogen-bond donors (Lipinski definition) is 1. The Morgan fingerprint density at radius 3 is 2.72 bits per heavy atom. The van der Waals surface area contributed by atoms with Crippen molar-refractivity contribution in [2.45, 2.75) is 19.9 Å². The molecule has 1 aromatic heterocycles. The SMILES string of the molecule is Cc1ccc(C(C)Nc2ccc(F)cc2C#N)s1. The molecule has 0 saturated carbocycles. The van der Waals surface area contributed by atoms with Crippen LogP contribution in [0.3, 0.4) is 0 Å². The van der Waals surface area contributed by atoms with Gasteiger partial charge in [-0.2, -0.15) is 5.26 Å². The van der Waals surface area contributed by atoms with Gasteiger partial charge in [0.15, 0.2) is 0 Å². The third kappa shape index (κ3) is 2.69. The third-order valence-corrected chi connectivity index (χ3v) is 3.85. The lowest BCUT2D eigenvalue weighted by Gasteiger charge is -2.14. The lowest BCUT2D eigenvalue weighted by molar-refractivity contribution is 0.627. The summed E-state index contributed by atoms with van der Waals surface area (Å²) in [5.41, 5.74) is 0.993. The molecule has 2 nitrogen and oxygen atoms in total. The number of anilines is 1. The second kappa shape index (κ2) is 5.19. The fourth-order valence-electron chi connectivity index (χ4n) is 1.73. The largest absolute Gasteiger partial charge is 0.377 e. The van der Waals surface area contributed by atoms with Gasteiger partial charge < -0.3 is 5.32 Å². The topological polar surface area (TPSA) is 35.8 Å². The van der Waals surface area contributed by atoms with Crippen molar-refractivity contribution >= 4 is 17.0 Å². The smallest absolute Gasteiger partial charge is 0.124 e. The highest BCUT2D eigenvalue weighted by Crippen LogP contribution is 2.27. The summed E-state index contributed by atoms with van der Waals surface area (Å²) < 4.78 is 13.0. The van der Waals surface area contributed by atoms with Gasteiger partial charge in [0, 0.05) is 9.75 Å². The van der Waals surface area contributed by atoms with E-state index in [2.05, 4.69) is 24.4 Å². The average molecular weight is 260 g/mol. The first-order chi connectivity index (χ1) is 8.60. The lowest BCUT2D eigenvalue weighted by Crippen LogP contribution is -2.06. The summed E-state index contributed by atoms with van der Waals surface area (Å²) in [6.45, 7) is 4.08. The Morgan fingerprint density at radius 1 is 1.33 bits per heavy atom. The van der Waals surface area contributed by atoms with E-state index >= 15 is 0 Å². The van der Waals surface area contributed by atoms with Crippen LogP contribution in [0.1, 0.15) is 28.3 Å². The van der Waals surface area contributed by atoms with Crippen LogP contribution in [0.4, 0.5) is 10.1 Å². The molecule has 2 aromatic rings. The fourth-order valence-corrected chi connectivity index (χ4v) is 2.61. The number of halogens is 1. The molecule has 2 rings (SSSR count). The van der Waals surface area contributed by atoms with E-state index in [0.717, 1.165) is 0 Å². The number of hydrogen-bond acceptors (Lipinski definition) is 3. The van der Waals surface area contributed by atoms with Crippen molar-refractivity contribution < 1.29 is 4.39 Å². The van der Waals surface area contributed by atoms with Crippen molar-refractivity contribution in [3.63, 3.8) is 0 Å². The average Bonchev–Trinajstić information content (AvgIpc) is 2.78. The minimum absolute atomic E-state index is 0.0984. The van der Waals surface area contributed by atoms with Crippen LogP contribution in [0.2, 0.25) is 0 Å². The van der Waals surface area contributed by atoms with Gasteiger partial charge in [-0.15, -0.1) is 11.3 Å². The van der Waals surface area contributed by atoms with E-state index in [1.807, 2.05) is 13.0 Å². The molecule has 0 amide bonds. The van der Waals surface area contributed by atoms with Gasteiger partial charge in [-0.3, -0.25) is 0 Å². The molecule has 0 saturated heterocycles. The highest BCUT2D eigenvalue weighted by atomic mass is 32.1. The number of benzene rings is 1. The van der Waals surface area contributed by atoms with Crippen molar-refractivity contribution in [1.29, 1.82) is 5.26 Å². The van der Waals surface area contributed by atoms with Crippen LogP contribution < -0.4 is 5.32 Å². The molecule has 4 heteroatoms. The van der Waals surface area contributed by atoms with Crippen LogP contribution in [0, 0.1) is 24.1 Å². The van der Waals surface area contributed by atoms with Crippen LogP contribution in [-0.2, 0) is 0 Å². The molecule has 1 aromatic carbocycles. The standard InChI is InChI=1S/C14H13FN2S/c1-9-3-6-14(18-9)10(2)17-13-5-4-12(15)7-11(13)8-16/h3-7,10,17H,1-2H3. The summed E-state index contributed by atoms with van der Waals surface area (Å²) in [6.07, 6.45) is 0. The Bertz CT molecular complexity index is 598. The first-order valence-electron chi connectivity index (χ1n) is 5.62. The van der Waals surface area contributed by atoms with Crippen LogP contribution in [0.5, 0.6) is 0 Å². The monoisotopic (exact) mass is 260 g/mol. The van der Waals surface area contributed by atoms with E-state index in [-0.39, 0.29) is 6.04 Å². The van der Waals surface area contributed by atoms with Gasteiger partial charge >= 0.3 is 0 Å². The van der Waals surface area contributed by atoms with Crippen molar-refractivity contribution in [3.8, 4) is 6.07 Å². The van der Waals surface area contributed by atoms with Gasteiger partial charge in [0.05, 0.1) is 17.3 Å². The van der Waals surface area contributed by atoms with Gasteiger partial charge in [0.2, 0.25) is 0 Å². The van der Waals surface area contributed by atoms with Gasteiger partial charge in [0.25, 0.3) is 0 Å². The predicted octanol–water partition coefficient (Wildman–Crippen LogP) is 4.24. The molecular weight excluding hydrogens is 247 g/mol. The van der Waals surface area contributed by atoms with Gasteiger partial charge in [0.1, 0.15) is 11.9 Å². The Hall–Kier alpha value is -1.86. The summed E-state index contributed by atoms with van der Waals surface area (Å²) in [5.74, 6) is -0.392. The molecule has 0 radical (unpaired) electrons. The second-order valence-corrected chi connectivity index (χ2v) is 5.44. The molecular formula is C14H13FN2S. The molecule has 0 bridgehead atoms. The van der Waals surface area contributed by atoms with Crippen LogP contribution in [-0.4, -0.2) is 0 Å². The number of rotatable bonds is 3. The maximum Gasteiger partial charge on any atom is 0.124 e. The normalized spacial score (nSPS) is 11.9. The maximum atomic E-state index is 13.0. The molecule has 1 atom stereocenters. The summed E-state index contributed by atoms with van der Waals surface area (Å²) in [4.78, 5) is 2.44. The van der Waals surface area contributed by atoms with E-state index in [9.17, 15) is 4.39 Å². The zero-order chi connectivity index (χ0) is 13.1. The Kier molecular flexibility index (Phi) is 3.63. The number of nitrogens with one attached hydrogen (secondary N) is 1. The number of nitrogens with zero attached hydrogens (tertiary/aromatic N) is 1. The lowest BCUT2D eigenvalue weighted by atomic mass is 10.1. The Balaban J connectivity index is 2.22. The number of nitriles is 1. The molecule has 0 aliphatic heterocycles. The summed E-state index contributed by atoms with van der Waals surface area (Å²) in [6, 6.07) is 10.4. The van der Waals surface area contributed by atoms with E-state index in [4.69, 9.17) is 5.26 Å². The first-order valence-corrected chi connectivity index (χ1v) is 6.44. The molecule has 1 heterocycles. The zero-order valence-corrected chi connectivity index (χ0v) is 11.0. The Labute approximate surface area is 110 Å². The minimum Gasteiger partial charge on any atom is -0.377 e. The van der Waals surface area contributed by atoms with E-state index < -0.39 is 5.82 Å². The first kappa shape index (κ1) is 12.6. The molecule has 92 valence electrons. The number of aryl methyl sites for hydroxylation is 1. The van der Waals surface area contributed by atoms with Gasteiger partial charge in [-0.1, -0.05) is 0 Å². The molecule has 18 heavy (non-hydrogen) atoms. The van der Waals surface area contributed by atoms with E-state index in [1.54, 1.807) is 17.4 Å². The predicted molar refractivity (Wildman–Crippen MR) is 72.2 cm³/mol. The highest BCUT2D eigenvalue weighted by molar-refractivity contribution is 7.12. The van der Waals surface area contributed by atoms with Crippen LogP contribution >= 0.6 is 11.3 Å². The summed E-state index contributed by atoms with van der Waals surface area (Å²) >= 11 is 1.71. The van der Waals surface area contributed by atoms with Gasteiger partial charge in [-0.05, 0) is 44.2 Å². The van der Waals surface area contributed by atoms with Crippen molar-refractivity contribution in [3.05, 3.63) is 51.5 Å². The van der Waals surface area contributed by atoms with E-state index in [1.165, 1.54) is 21.9 Å². The van der Waals surface area contributed by atoms with Crippen molar-refractivity contribution in [2.75, 3.05) is 5.32 Å². The Morgan fingerprint density at radius 2 is 2.11 bits per heavy atom. The quantitative estimate of drug-likeness (QED) is 0.896.